The van der Waals surface area contributed by atoms with E-state index in [1.807, 2.05) is 0 Å². The number of rotatable bonds is 5. The zero-order valence-corrected chi connectivity index (χ0v) is 13.6. The highest BCUT2D eigenvalue weighted by atomic mass is 16.2. The van der Waals surface area contributed by atoms with E-state index in [0.717, 1.165) is 37.0 Å². The van der Waals surface area contributed by atoms with Crippen LogP contribution in [0.5, 0.6) is 0 Å². The van der Waals surface area contributed by atoms with Gasteiger partial charge in [-0.2, -0.15) is 0 Å². The number of urea groups is 1. The summed E-state index contributed by atoms with van der Waals surface area (Å²) in [5.74, 6) is 1.61. The van der Waals surface area contributed by atoms with E-state index in [1.54, 1.807) is 0 Å². The molecule has 4 N–H and O–H groups in total. The zero-order chi connectivity index (χ0) is 16.4. The molecule has 0 aromatic carbocycles. The molecule has 128 valence electrons. The fourth-order valence-corrected chi connectivity index (χ4v) is 5.08. The van der Waals surface area contributed by atoms with Crippen LogP contribution >= 0.6 is 0 Å². The Morgan fingerprint density at radius 1 is 0.913 bits per heavy atom. The van der Waals surface area contributed by atoms with Crippen molar-refractivity contribution < 1.29 is 14.4 Å². The first-order chi connectivity index (χ1) is 11.0. The van der Waals surface area contributed by atoms with Gasteiger partial charge < -0.3 is 10.6 Å². The van der Waals surface area contributed by atoms with Crippen LogP contribution in [0.3, 0.4) is 0 Å². The van der Waals surface area contributed by atoms with Crippen molar-refractivity contribution in [1.82, 2.24) is 21.3 Å². The van der Waals surface area contributed by atoms with Gasteiger partial charge in [-0.1, -0.05) is 0 Å². The van der Waals surface area contributed by atoms with Gasteiger partial charge in [0.25, 0.3) is 0 Å². The first kappa shape index (κ1) is 16.2. The van der Waals surface area contributed by atoms with E-state index in [4.69, 9.17) is 0 Å². The van der Waals surface area contributed by atoms with Gasteiger partial charge in [0.2, 0.25) is 11.8 Å². The Labute approximate surface area is 136 Å². The van der Waals surface area contributed by atoms with E-state index >= 15 is 0 Å². The standard InChI is InChI=1S/C16H26N4O3/c1-17-13(21)8-18-9-14(22)19-15(23)20-16-5-10-2-11(6-16)4-12(3-10)7-16/h10-12,18H,2-9H2,1H3,(H,17,21)(H2,19,20,22,23). The van der Waals surface area contributed by atoms with Gasteiger partial charge in [-0.25, -0.2) is 4.79 Å². The molecule has 4 saturated carbocycles. The highest BCUT2D eigenvalue weighted by molar-refractivity contribution is 5.95. The lowest BCUT2D eigenvalue weighted by molar-refractivity contribution is -0.120. The summed E-state index contributed by atoms with van der Waals surface area (Å²) in [6.07, 6.45) is 7.08. The molecule has 0 aromatic rings. The monoisotopic (exact) mass is 322 g/mol. The largest absolute Gasteiger partial charge is 0.358 e. The number of likely N-dealkylation sites (N-methyl/N-ethyl adjacent to an activating group) is 1. The van der Waals surface area contributed by atoms with Gasteiger partial charge in [-0.3, -0.25) is 20.2 Å². The van der Waals surface area contributed by atoms with Crippen LogP contribution in [-0.2, 0) is 9.59 Å². The van der Waals surface area contributed by atoms with Crippen molar-refractivity contribution in [3.63, 3.8) is 0 Å². The molecule has 0 spiro atoms. The molecule has 7 heteroatoms. The molecule has 4 fully saturated rings. The van der Waals surface area contributed by atoms with Crippen LogP contribution in [0.1, 0.15) is 38.5 Å². The number of carbonyl (C=O) groups excluding carboxylic acids is 3. The first-order valence-corrected chi connectivity index (χ1v) is 8.51. The molecule has 0 radical (unpaired) electrons. The molecule has 0 aliphatic heterocycles. The molecule has 0 unspecified atom stereocenters. The van der Waals surface area contributed by atoms with Crippen LogP contribution in [-0.4, -0.2) is 43.5 Å². The summed E-state index contributed by atoms with van der Waals surface area (Å²) in [5.41, 5.74) is -0.103. The minimum Gasteiger partial charge on any atom is -0.358 e. The molecule has 4 amide bonds. The van der Waals surface area contributed by atoms with Gasteiger partial charge in [-0.15, -0.1) is 0 Å². The second kappa shape index (κ2) is 6.47. The maximum absolute atomic E-state index is 12.1. The Morgan fingerprint density at radius 2 is 1.43 bits per heavy atom. The third-order valence-corrected chi connectivity index (χ3v) is 5.52. The van der Waals surface area contributed by atoms with Crippen molar-refractivity contribution in [2.75, 3.05) is 20.1 Å². The van der Waals surface area contributed by atoms with E-state index < -0.39 is 11.9 Å². The summed E-state index contributed by atoms with van der Waals surface area (Å²) in [7, 11) is 1.53. The van der Waals surface area contributed by atoms with Crippen LogP contribution < -0.4 is 21.3 Å². The minimum absolute atomic E-state index is 0.0539. The summed E-state index contributed by atoms with van der Waals surface area (Å²) in [6.45, 7) is 0.00221. The molecule has 0 atom stereocenters. The Balaban J connectivity index is 1.44. The summed E-state index contributed by atoms with van der Waals surface area (Å²) in [6, 6.07) is -0.404. The van der Waals surface area contributed by atoms with Gasteiger partial charge in [0, 0.05) is 12.6 Å². The topological polar surface area (TPSA) is 99.3 Å². The Kier molecular flexibility index (Phi) is 4.57. The number of amides is 4. The number of imide groups is 1. The predicted molar refractivity (Wildman–Crippen MR) is 84.5 cm³/mol. The smallest absolute Gasteiger partial charge is 0.321 e. The molecular weight excluding hydrogens is 296 g/mol. The van der Waals surface area contributed by atoms with Crippen molar-refractivity contribution in [1.29, 1.82) is 0 Å². The molecule has 0 saturated heterocycles. The lowest BCUT2D eigenvalue weighted by Gasteiger charge is -2.56. The molecule has 4 bridgehead atoms. The summed E-state index contributed by atoms with van der Waals surface area (Å²) < 4.78 is 0. The number of hydrogen-bond acceptors (Lipinski definition) is 4. The molecular formula is C16H26N4O3. The third-order valence-electron chi connectivity index (χ3n) is 5.52. The molecule has 4 aliphatic carbocycles. The summed E-state index contributed by atoms with van der Waals surface area (Å²) in [4.78, 5) is 34.9. The Morgan fingerprint density at radius 3 is 1.96 bits per heavy atom. The lowest BCUT2D eigenvalue weighted by atomic mass is 9.53. The molecule has 23 heavy (non-hydrogen) atoms. The van der Waals surface area contributed by atoms with E-state index in [2.05, 4.69) is 21.3 Å². The maximum atomic E-state index is 12.1. The van der Waals surface area contributed by atoms with Crippen molar-refractivity contribution in [2.45, 2.75) is 44.1 Å². The van der Waals surface area contributed by atoms with Crippen molar-refractivity contribution in [3.05, 3.63) is 0 Å². The quantitative estimate of drug-likeness (QED) is 0.577. The van der Waals surface area contributed by atoms with E-state index in [-0.39, 0.29) is 24.5 Å². The normalized spacial score (nSPS) is 34.0. The SMILES string of the molecule is CNC(=O)CNCC(=O)NC(=O)NC12CC3CC(CC(C3)C1)C2. The Bertz CT molecular complexity index is 470. The van der Waals surface area contributed by atoms with E-state index in [1.165, 1.54) is 26.3 Å². The second-order valence-electron chi connectivity index (χ2n) is 7.48. The van der Waals surface area contributed by atoms with Crippen LogP contribution in [0.4, 0.5) is 4.79 Å². The number of carbonyl (C=O) groups is 3. The zero-order valence-electron chi connectivity index (χ0n) is 13.6. The van der Waals surface area contributed by atoms with Gasteiger partial charge in [-0.05, 0) is 56.3 Å². The number of hydrogen-bond donors (Lipinski definition) is 4. The van der Waals surface area contributed by atoms with Crippen molar-refractivity contribution in [3.8, 4) is 0 Å². The molecule has 0 heterocycles. The molecule has 7 nitrogen and oxygen atoms in total. The first-order valence-electron chi connectivity index (χ1n) is 8.51. The summed E-state index contributed by atoms with van der Waals surface area (Å²) in [5, 5.41) is 10.6. The third kappa shape index (κ3) is 3.83. The van der Waals surface area contributed by atoms with E-state index in [0.29, 0.717) is 0 Å². The number of nitrogens with one attached hydrogen (secondary N) is 4. The van der Waals surface area contributed by atoms with Crippen molar-refractivity contribution in [2.24, 2.45) is 17.8 Å². The molecule has 0 aromatic heterocycles. The maximum Gasteiger partial charge on any atom is 0.321 e. The summed E-state index contributed by atoms with van der Waals surface area (Å²) >= 11 is 0. The van der Waals surface area contributed by atoms with Gasteiger partial charge in [0.1, 0.15) is 0 Å². The van der Waals surface area contributed by atoms with Crippen LogP contribution in [0, 0.1) is 17.8 Å². The van der Waals surface area contributed by atoms with E-state index in [9.17, 15) is 14.4 Å². The van der Waals surface area contributed by atoms with Crippen LogP contribution in [0.25, 0.3) is 0 Å². The van der Waals surface area contributed by atoms with Gasteiger partial charge in [0.15, 0.2) is 0 Å². The van der Waals surface area contributed by atoms with Crippen LogP contribution in [0.15, 0.2) is 0 Å². The lowest BCUT2D eigenvalue weighted by Crippen LogP contribution is -2.62. The average molecular weight is 322 g/mol. The predicted octanol–water partition coefficient (Wildman–Crippen LogP) is 0.117. The minimum atomic E-state index is -0.420. The van der Waals surface area contributed by atoms with Gasteiger partial charge in [0.05, 0.1) is 13.1 Å². The fraction of sp³-hybridized carbons (Fsp3) is 0.812. The van der Waals surface area contributed by atoms with Crippen LogP contribution in [0.2, 0.25) is 0 Å². The van der Waals surface area contributed by atoms with Gasteiger partial charge >= 0.3 is 6.03 Å². The Hall–Kier alpha value is -1.63. The average Bonchev–Trinajstić information content (AvgIpc) is 2.44. The second-order valence-corrected chi connectivity index (χ2v) is 7.48. The highest BCUT2D eigenvalue weighted by Gasteiger charge is 2.51. The molecule has 4 aliphatic rings. The molecule has 4 rings (SSSR count). The van der Waals surface area contributed by atoms with Crippen molar-refractivity contribution >= 4 is 17.8 Å². The highest BCUT2D eigenvalue weighted by Crippen LogP contribution is 2.55. The fourth-order valence-electron chi connectivity index (χ4n) is 5.08.